The van der Waals surface area contributed by atoms with Gasteiger partial charge in [-0.05, 0) is 66.2 Å². The van der Waals surface area contributed by atoms with Crippen molar-refractivity contribution in [1.29, 1.82) is 0 Å². The zero-order valence-electron chi connectivity index (χ0n) is 20.0. The molecule has 0 aromatic rings. The van der Waals surface area contributed by atoms with E-state index in [0.29, 0.717) is 24.7 Å². The SMILES string of the molecule is CC[Si](CC)(CC)C[C@H]1CC(C(=O)OC(C)(C)C)(C(=O)OC(C)(C)C)C[C@@H]1C. The Labute approximate surface area is 174 Å². The lowest BCUT2D eigenvalue weighted by molar-refractivity contribution is -0.185. The average molecular weight is 413 g/mol. The molecule has 164 valence electrons. The van der Waals surface area contributed by atoms with Crippen LogP contribution in [-0.4, -0.2) is 31.2 Å². The second-order valence-electron chi connectivity index (χ2n) is 11.0. The molecule has 0 aromatic heterocycles. The van der Waals surface area contributed by atoms with Gasteiger partial charge >= 0.3 is 11.9 Å². The number of hydrogen-bond acceptors (Lipinski definition) is 4. The fourth-order valence-corrected chi connectivity index (χ4v) is 8.65. The first kappa shape index (κ1) is 25.2. The van der Waals surface area contributed by atoms with E-state index < -0.39 is 36.6 Å². The summed E-state index contributed by atoms with van der Waals surface area (Å²) in [6, 6.07) is 4.96. The van der Waals surface area contributed by atoms with Gasteiger partial charge in [0.15, 0.2) is 5.41 Å². The number of esters is 2. The third-order valence-corrected chi connectivity index (χ3v) is 12.5. The molecule has 0 unspecified atom stereocenters. The lowest BCUT2D eigenvalue weighted by atomic mass is 9.84. The highest BCUT2D eigenvalue weighted by Crippen LogP contribution is 2.52. The molecular weight excluding hydrogens is 368 g/mol. The topological polar surface area (TPSA) is 52.6 Å². The summed E-state index contributed by atoms with van der Waals surface area (Å²) in [5.41, 5.74) is -2.41. The minimum atomic E-state index is -1.35. The first-order chi connectivity index (χ1) is 12.6. The van der Waals surface area contributed by atoms with Gasteiger partial charge in [-0.25, -0.2) is 0 Å². The Kier molecular flexibility index (Phi) is 8.00. The maximum absolute atomic E-state index is 13.3. The van der Waals surface area contributed by atoms with Crippen molar-refractivity contribution in [2.24, 2.45) is 17.3 Å². The van der Waals surface area contributed by atoms with Crippen molar-refractivity contribution in [2.75, 3.05) is 0 Å². The van der Waals surface area contributed by atoms with E-state index in [1.165, 1.54) is 24.2 Å². The van der Waals surface area contributed by atoms with Gasteiger partial charge in [0.2, 0.25) is 0 Å². The molecule has 0 radical (unpaired) electrons. The molecule has 0 N–H and O–H groups in total. The van der Waals surface area contributed by atoms with Gasteiger partial charge in [0.25, 0.3) is 0 Å². The highest BCUT2D eigenvalue weighted by atomic mass is 28.3. The van der Waals surface area contributed by atoms with E-state index in [1.54, 1.807) is 0 Å². The summed E-state index contributed by atoms with van der Waals surface area (Å²) in [7, 11) is -1.35. The zero-order valence-corrected chi connectivity index (χ0v) is 21.0. The highest BCUT2D eigenvalue weighted by Gasteiger charge is 2.58. The predicted molar refractivity (Wildman–Crippen MR) is 118 cm³/mol. The predicted octanol–water partition coefficient (Wildman–Crippen LogP) is 6.21. The summed E-state index contributed by atoms with van der Waals surface area (Å²) >= 11 is 0. The Balaban J connectivity index is 3.23. The molecule has 5 heteroatoms. The first-order valence-electron chi connectivity index (χ1n) is 11.1. The molecule has 0 aromatic carbocycles. The van der Waals surface area contributed by atoms with E-state index in [0.717, 1.165) is 0 Å². The van der Waals surface area contributed by atoms with Crippen molar-refractivity contribution in [1.82, 2.24) is 0 Å². The van der Waals surface area contributed by atoms with Gasteiger partial charge in [-0.1, -0.05) is 51.9 Å². The van der Waals surface area contributed by atoms with Crippen molar-refractivity contribution >= 4 is 20.0 Å². The van der Waals surface area contributed by atoms with Crippen LogP contribution in [0.15, 0.2) is 0 Å². The van der Waals surface area contributed by atoms with Gasteiger partial charge < -0.3 is 9.47 Å². The molecule has 0 aliphatic heterocycles. The summed E-state index contributed by atoms with van der Waals surface area (Å²) in [6.07, 6.45) is 1.09. The Morgan fingerprint density at radius 1 is 0.857 bits per heavy atom. The van der Waals surface area contributed by atoms with Crippen molar-refractivity contribution < 1.29 is 19.1 Å². The summed E-state index contributed by atoms with van der Waals surface area (Å²) in [5.74, 6) is -0.108. The minimum Gasteiger partial charge on any atom is -0.459 e. The molecule has 4 nitrogen and oxygen atoms in total. The fourth-order valence-electron chi connectivity index (χ4n) is 4.63. The first-order valence-corrected chi connectivity index (χ1v) is 13.9. The van der Waals surface area contributed by atoms with Crippen LogP contribution in [0.1, 0.15) is 82.1 Å². The number of rotatable bonds is 7. The number of carbonyl (C=O) groups excluding carboxylic acids is 2. The Morgan fingerprint density at radius 2 is 1.25 bits per heavy atom. The van der Waals surface area contributed by atoms with E-state index in [2.05, 4.69) is 27.7 Å². The summed E-state index contributed by atoms with van der Waals surface area (Å²) < 4.78 is 11.5. The Bertz CT molecular complexity index is 516. The molecule has 1 fully saturated rings. The van der Waals surface area contributed by atoms with Gasteiger partial charge in [-0.2, -0.15) is 0 Å². The normalized spacial score (nSPS) is 22.8. The van der Waals surface area contributed by atoms with Crippen molar-refractivity contribution in [3.63, 3.8) is 0 Å². The van der Waals surface area contributed by atoms with E-state index in [9.17, 15) is 9.59 Å². The molecule has 0 saturated heterocycles. The maximum Gasteiger partial charge on any atom is 0.324 e. The second-order valence-corrected chi connectivity index (χ2v) is 16.5. The van der Waals surface area contributed by atoms with Gasteiger partial charge in [-0.3, -0.25) is 9.59 Å². The van der Waals surface area contributed by atoms with Crippen LogP contribution >= 0.6 is 0 Å². The van der Waals surface area contributed by atoms with Crippen molar-refractivity contribution in [2.45, 2.75) is 117 Å². The summed E-state index contributed by atoms with van der Waals surface area (Å²) in [5, 5.41) is 0. The highest BCUT2D eigenvalue weighted by molar-refractivity contribution is 6.79. The van der Waals surface area contributed by atoms with Crippen LogP contribution in [0, 0.1) is 17.3 Å². The molecule has 28 heavy (non-hydrogen) atoms. The molecule has 1 aliphatic rings. The third kappa shape index (κ3) is 6.08. The number of carbonyl (C=O) groups is 2. The number of hydrogen-bond donors (Lipinski definition) is 0. The fraction of sp³-hybridized carbons (Fsp3) is 0.913. The molecular formula is C23H44O4Si. The van der Waals surface area contributed by atoms with E-state index in [-0.39, 0.29) is 0 Å². The van der Waals surface area contributed by atoms with Gasteiger partial charge in [0, 0.05) is 0 Å². The number of ether oxygens (including phenoxy) is 2. The van der Waals surface area contributed by atoms with E-state index in [4.69, 9.17) is 9.47 Å². The molecule has 1 rings (SSSR count). The summed E-state index contributed by atoms with van der Waals surface area (Å²) in [6.45, 7) is 20.3. The lowest BCUT2D eigenvalue weighted by Gasteiger charge is -2.34. The monoisotopic (exact) mass is 412 g/mol. The average Bonchev–Trinajstić information content (AvgIpc) is 2.87. The standard InChI is InChI=1S/C23H44O4Si/c1-11-28(12-2,13-3)16-18-15-23(14-17(18)4,19(24)26-21(5,6)7)20(25)27-22(8,9)10/h17-18H,11-16H2,1-10H3/t17-,18+/m0/s1. The minimum absolute atomic E-state index is 0.316. The van der Waals surface area contributed by atoms with Crippen LogP contribution in [0.4, 0.5) is 0 Å². The van der Waals surface area contributed by atoms with Gasteiger partial charge in [0.05, 0.1) is 8.07 Å². The Hall–Kier alpha value is -0.843. The van der Waals surface area contributed by atoms with Crippen LogP contribution < -0.4 is 0 Å². The third-order valence-electron chi connectivity index (χ3n) is 6.61. The van der Waals surface area contributed by atoms with Gasteiger partial charge in [-0.15, -0.1) is 0 Å². The maximum atomic E-state index is 13.3. The van der Waals surface area contributed by atoms with Crippen LogP contribution in [0.3, 0.4) is 0 Å². The molecule has 1 saturated carbocycles. The van der Waals surface area contributed by atoms with Crippen LogP contribution in [-0.2, 0) is 19.1 Å². The van der Waals surface area contributed by atoms with Crippen LogP contribution in [0.25, 0.3) is 0 Å². The molecule has 1 aliphatic carbocycles. The zero-order chi connectivity index (χ0) is 22.0. The van der Waals surface area contributed by atoms with Gasteiger partial charge in [0.1, 0.15) is 11.2 Å². The molecule has 0 amide bonds. The lowest BCUT2D eigenvalue weighted by Crippen LogP contribution is -2.45. The smallest absolute Gasteiger partial charge is 0.324 e. The quantitative estimate of drug-likeness (QED) is 0.283. The molecule has 0 bridgehead atoms. The van der Waals surface area contributed by atoms with Crippen LogP contribution in [0.2, 0.25) is 24.2 Å². The largest absolute Gasteiger partial charge is 0.459 e. The van der Waals surface area contributed by atoms with Crippen molar-refractivity contribution in [3.05, 3.63) is 0 Å². The summed E-state index contributed by atoms with van der Waals surface area (Å²) in [4.78, 5) is 26.5. The van der Waals surface area contributed by atoms with E-state index >= 15 is 0 Å². The second kappa shape index (κ2) is 8.89. The van der Waals surface area contributed by atoms with E-state index in [1.807, 2.05) is 41.5 Å². The Morgan fingerprint density at radius 3 is 1.57 bits per heavy atom. The molecule has 0 spiro atoms. The molecule has 0 heterocycles. The molecule has 2 atom stereocenters. The van der Waals surface area contributed by atoms with Crippen molar-refractivity contribution in [3.8, 4) is 0 Å². The van der Waals surface area contributed by atoms with Crippen LogP contribution in [0.5, 0.6) is 0 Å².